The second kappa shape index (κ2) is 7.91. The Morgan fingerprint density at radius 1 is 1.20 bits per heavy atom. The fourth-order valence-electron chi connectivity index (χ4n) is 3.48. The second-order valence-electron chi connectivity index (χ2n) is 6.75. The van der Waals surface area contributed by atoms with Gasteiger partial charge in [0.2, 0.25) is 11.7 Å². The van der Waals surface area contributed by atoms with Crippen molar-refractivity contribution in [3.63, 3.8) is 0 Å². The Morgan fingerprint density at radius 2 is 1.83 bits per heavy atom. The number of aromatic nitrogens is 2. The lowest BCUT2D eigenvalue weighted by atomic mass is 10.0. The highest BCUT2D eigenvalue weighted by molar-refractivity contribution is 8.00. The lowest BCUT2D eigenvalue weighted by Gasteiger charge is -2.18. The van der Waals surface area contributed by atoms with Gasteiger partial charge < -0.3 is 19.9 Å². The molecule has 3 aromatic rings. The Kier molecular flexibility index (Phi) is 5.29. The SMILES string of the molecule is COc1cc([C@@H]2SCC(=O)Nc3c2c(C)nn3-c2ccc(F)cc2)cc(OC)c1O. The summed E-state index contributed by atoms with van der Waals surface area (Å²) in [7, 11) is 2.93. The van der Waals surface area contributed by atoms with E-state index in [2.05, 4.69) is 10.4 Å². The molecule has 1 atom stereocenters. The normalized spacial score (nSPS) is 15.9. The Labute approximate surface area is 176 Å². The first-order chi connectivity index (χ1) is 14.4. The van der Waals surface area contributed by atoms with Crippen LogP contribution in [-0.4, -0.2) is 40.8 Å². The van der Waals surface area contributed by atoms with Gasteiger partial charge in [-0.3, -0.25) is 4.79 Å². The van der Waals surface area contributed by atoms with Crippen molar-refractivity contribution in [1.29, 1.82) is 0 Å². The highest BCUT2D eigenvalue weighted by atomic mass is 32.2. The molecule has 1 aromatic heterocycles. The van der Waals surface area contributed by atoms with E-state index < -0.39 is 0 Å². The number of phenols is 1. The molecule has 1 aliphatic heterocycles. The summed E-state index contributed by atoms with van der Waals surface area (Å²) >= 11 is 1.44. The van der Waals surface area contributed by atoms with Gasteiger partial charge >= 0.3 is 0 Å². The third-order valence-electron chi connectivity index (χ3n) is 4.88. The molecular weight excluding hydrogens is 409 g/mol. The molecule has 2 aromatic carbocycles. The molecule has 2 heterocycles. The van der Waals surface area contributed by atoms with Crippen molar-refractivity contribution >= 4 is 23.5 Å². The van der Waals surface area contributed by atoms with E-state index in [0.29, 0.717) is 11.5 Å². The van der Waals surface area contributed by atoms with Crippen molar-refractivity contribution in [1.82, 2.24) is 9.78 Å². The number of nitrogens with zero attached hydrogens (tertiary/aromatic N) is 2. The number of nitrogens with one attached hydrogen (secondary N) is 1. The number of halogens is 1. The number of carbonyl (C=O) groups is 1. The summed E-state index contributed by atoms with van der Waals surface area (Å²) in [5.41, 5.74) is 2.98. The summed E-state index contributed by atoms with van der Waals surface area (Å²) in [4.78, 5) is 12.4. The Balaban J connectivity index is 1.90. The van der Waals surface area contributed by atoms with Gasteiger partial charge in [-0.15, -0.1) is 11.8 Å². The molecule has 7 nitrogen and oxygen atoms in total. The molecule has 0 fully saturated rings. The van der Waals surface area contributed by atoms with Gasteiger partial charge in [-0.05, 0) is 48.9 Å². The summed E-state index contributed by atoms with van der Waals surface area (Å²) < 4.78 is 25.6. The average molecular weight is 429 g/mol. The summed E-state index contributed by atoms with van der Waals surface area (Å²) in [5.74, 6) is 0.713. The van der Waals surface area contributed by atoms with E-state index >= 15 is 0 Å². The van der Waals surface area contributed by atoms with Crippen LogP contribution in [0.1, 0.15) is 22.1 Å². The number of fused-ring (bicyclic) bond motifs is 1. The monoisotopic (exact) mass is 429 g/mol. The molecule has 9 heteroatoms. The zero-order valence-corrected chi connectivity index (χ0v) is 17.4. The van der Waals surface area contributed by atoms with Crippen molar-refractivity contribution in [2.24, 2.45) is 0 Å². The predicted molar refractivity (Wildman–Crippen MR) is 112 cm³/mol. The summed E-state index contributed by atoms with van der Waals surface area (Å²) in [6, 6.07) is 9.35. The molecular formula is C21H20FN3O4S. The molecule has 0 saturated heterocycles. The van der Waals surface area contributed by atoms with Crippen LogP contribution in [-0.2, 0) is 4.79 Å². The molecule has 2 N–H and O–H groups in total. The van der Waals surface area contributed by atoms with Crippen molar-refractivity contribution < 1.29 is 23.8 Å². The number of ether oxygens (including phenoxy) is 2. The van der Waals surface area contributed by atoms with E-state index in [4.69, 9.17) is 9.47 Å². The molecule has 0 aliphatic carbocycles. The van der Waals surface area contributed by atoms with Crippen LogP contribution in [0.2, 0.25) is 0 Å². The number of benzene rings is 2. The zero-order chi connectivity index (χ0) is 21.4. The van der Waals surface area contributed by atoms with Gasteiger partial charge in [-0.1, -0.05) is 0 Å². The zero-order valence-electron chi connectivity index (χ0n) is 16.6. The van der Waals surface area contributed by atoms with Gasteiger partial charge in [0.1, 0.15) is 11.6 Å². The molecule has 0 bridgehead atoms. The fraction of sp³-hybridized carbons (Fsp3) is 0.238. The van der Waals surface area contributed by atoms with Crippen LogP contribution in [0.5, 0.6) is 17.2 Å². The Hall–Kier alpha value is -3.20. The van der Waals surface area contributed by atoms with Gasteiger partial charge in [-0.2, -0.15) is 5.10 Å². The number of carbonyl (C=O) groups excluding carboxylic acids is 1. The number of phenolic OH excluding ortho intramolecular Hbond substituents is 1. The molecule has 0 unspecified atom stereocenters. The molecule has 0 radical (unpaired) electrons. The molecule has 1 amide bonds. The largest absolute Gasteiger partial charge is 0.502 e. The van der Waals surface area contributed by atoms with E-state index in [1.54, 1.807) is 28.9 Å². The molecule has 0 saturated carbocycles. The Morgan fingerprint density at radius 3 is 2.43 bits per heavy atom. The number of hydrogen-bond acceptors (Lipinski definition) is 6. The van der Waals surface area contributed by atoms with Crippen molar-refractivity contribution in [3.05, 3.63) is 59.0 Å². The topological polar surface area (TPSA) is 85.6 Å². The second-order valence-corrected chi connectivity index (χ2v) is 7.84. The predicted octanol–water partition coefficient (Wildman–Crippen LogP) is 3.82. The van der Waals surface area contributed by atoms with E-state index in [1.165, 1.54) is 38.1 Å². The van der Waals surface area contributed by atoms with Crippen LogP contribution >= 0.6 is 11.8 Å². The highest BCUT2D eigenvalue weighted by Gasteiger charge is 2.31. The van der Waals surface area contributed by atoms with Gasteiger partial charge in [0, 0.05) is 5.56 Å². The van der Waals surface area contributed by atoms with Crippen LogP contribution in [0.4, 0.5) is 10.2 Å². The molecule has 156 valence electrons. The molecule has 0 spiro atoms. The van der Waals surface area contributed by atoms with Crippen LogP contribution in [0.15, 0.2) is 36.4 Å². The quantitative estimate of drug-likeness (QED) is 0.656. The van der Waals surface area contributed by atoms with Crippen molar-refractivity contribution in [2.75, 3.05) is 25.3 Å². The van der Waals surface area contributed by atoms with Crippen LogP contribution < -0.4 is 14.8 Å². The summed E-state index contributed by atoms with van der Waals surface area (Å²) in [6.07, 6.45) is 0. The maximum atomic E-state index is 13.4. The van der Waals surface area contributed by atoms with Gasteiger partial charge in [0.25, 0.3) is 0 Å². The maximum absolute atomic E-state index is 13.4. The first kappa shape index (κ1) is 20.1. The van der Waals surface area contributed by atoms with Crippen molar-refractivity contribution in [2.45, 2.75) is 12.2 Å². The average Bonchev–Trinajstić information content (AvgIpc) is 2.94. The number of amides is 1. The highest BCUT2D eigenvalue weighted by Crippen LogP contribution is 2.47. The number of aryl methyl sites for hydroxylation is 1. The first-order valence-electron chi connectivity index (χ1n) is 9.14. The number of anilines is 1. The van der Waals surface area contributed by atoms with E-state index in [-0.39, 0.29) is 40.0 Å². The number of thioether (sulfide) groups is 1. The molecule has 30 heavy (non-hydrogen) atoms. The van der Waals surface area contributed by atoms with E-state index in [0.717, 1.165) is 16.8 Å². The lowest BCUT2D eigenvalue weighted by molar-refractivity contribution is -0.113. The fourth-order valence-corrected chi connectivity index (χ4v) is 4.65. The standard InChI is InChI=1S/C21H20FN3O4S/c1-11-18-20(12-8-15(28-2)19(27)16(9-12)29-3)30-10-17(26)23-21(18)25(24-11)14-6-4-13(22)5-7-14/h4-9,20,27H,10H2,1-3H3,(H,23,26)/t20-/m0/s1. The van der Waals surface area contributed by atoms with Crippen LogP contribution in [0.3, 0.4) is 0 Å². The maximum Gasteiger partial charge on any atom is 0.235 e. The summed E-state index contributed by atoms with van der Waals surface area (Å²) in [5, 5.41) is 17.5. The number of hydrogen-bond donors (Lipinski definition) is 2. The Bertz CT molecular complexity index is 1090. The van der Waals surface area contributed by atoms with Gasteiger partial charge in [-0.25, -0.2) is 9.07 Å². The molecule has 4 rings (SSSR count). The summed E-state index contributed by atoms with van der Waals surface area (Å²) in [6.45, 7) is 1.86. The minimum atomic E-state index is -0.352. The van der Waals surface area contributed by atoms with Crippen LogP contribution in [0, 0.1) is 12.7 Å². The van der Waals surface area contributed by atoms with E-state index in [1.807, 2.05) is 6.92 Å². The van der Waals surface area contributed by atoms with E-state index in [9.17, 15) is 14.3 Å². The minimum absolute atomic E-state index is 0.0875. The lowest BCUT2D eigenvalue weighted by Crippen LogP contribution is -2.15. The number of rotatable bonds is 4. The molecule has 1 aliphatic rings. The number of aromatic hydroxyl groups is 1. The smallest absolute Gasteiger partial charge is 0.235 e. The van der Waals surface area contributed by atoms with Gasteiger partial charge in [0.15, 0.2) is 11.5 Å². The number of methoxy groups -OCH3 is 2. The van der Waals surface area contributed by atoms with Crippen LogP contribution in [0.25, 0.3) is 5.69 Å². The third-order valence-corrected chi connectivity index (χ3v) is 6.15. The van der Waals surface area contributed by atoms with Gasteiger partial charge in [0.05, 0.1) is 36.6 Å². The third kappa shape index (κ3) is 3.45. The van der Waals surface area contributed by atoms with Crippen molar-refractivity contribution in [3.8, 4) is 22.9 Å². The minimum Gasteiger partial charge on any atom is -0.502 e. The first-order valence-corrected chi connectivity index (χ1v) is 10.2.